The van der Waals surface area contributed by atoms with Crippen molar-refractivity contribution in [2.75, 3.05) is 13.2 Å². The third kappa shape index (κ3) is 18.6. The Morgan fingerprint density at radius 3 is 1.33 bits per heavy atom. The van der Waals surface area contributed by atoms with Gasteiger partial charge in [-0.05, 0) is 63.2 Å². The van der Waals surface area contributed by atoms with Crippen LogP contribution in [0.25, 0.3) is 0 Å². The fourth-order valence-corrected chi connectivity index (χ4v) is 3.51. The van der Waals surface area contributed by atoms with E-state index in [4.69, 9.17) is 4.74 Å². The Morgan fingerprint density at radius 2 is 0.963 bits per heavy atom. The molecule has 0 aromatic rings. The highest BCUT2D eigenvalue weighted by molar-refractivity contribution is 4.89. The van der Waals surface area contributed by atoms with Gasteiger partial charge < -0.3 is 4.74 Å². The normalized spacial score (nSPS) is 14.4. The molecule has 0 rings (SSSR count). The average Bonchev–Trinajstić information content (AvgIpc) is 2.68. The van der Waals surface area contributed by atoms with Crippen molar-refractivity contribution in [1.29, 1.82) is 0 Å². The van der Waals surface area contributed by atoms with Crippen LogP contribution in [0.15, 0.2) is 24.3 Å². The molecular formula is C26H50O. The van der Waals surface area contributed by atoms with Crippen molar-refractivity contribution in [2.24, 2.45) is 11.8 Å². The molecule has 0 fully saturated rings. The zero-order chi connectivity index (χ0) is 20.0. The van der Waals surface area contributed by atoms with Gasteiger partial charge in [-0.2, -0.15) is 0 Å². The van der Waals surface area contributed by atoms with Crippen molar-refractivity contribution in [3.8, 4) is 0 Å². The maximum atomic E-state index is 5.95. The van der Waals surface area contributed by atoms with Gasteiger partial charge in [0, 0.05) is 13.2 Å². The Hall–Kier alpha value is -0.560. The summed E-state index contributed by atoms with van der Waals surface area (Å²) in [6, 6.07) is 0. The maximum absolute atomic E-state index is 5.95. The van der Waals surface area contributed by atoms with E-state index in [1.54, 1.807) is 0 Å². The third-order valence-electron chi connectivity index (χ3n) is 5.31. The van der Waals surface area contributed by atoms with Crippen LogP contribution in [0.4, 0.5) is 0 Å². The van der Waals surface area contributed by atoms with E-state index < -0.39 is 0 Å². The van der Waals surface area contributed by atoms with Crippen molar-refractivity contribution in [1.82, 2.24) is 0 Å². The van der Waals surface area contributed by atoms with Crippen molar-refractivity contribution in [3.63, 3.8) is 0 Å². The first-order valence-corrected chi connectivity index (χ1v) is 12.2. The van der Waals surface area contributed by atoms with Gasteiger partial charge in [0.15, 0.2) is 0 Å². The van der Waals surface area contributed by atoms with Crippen LogP contribution in [0, 0.1) is 11.8 Å². The second kappa shape index (κ2) is 21.7. The Kier molecular flexibility index (Phi) is 21.3. The topological polar surface area (TPSA) is 9.23 Å². The lowest BCUT2D eigenvalue weighted by Crippen LogP contribution is -2.04. The lowest BCUT2D eigenvalue weighted by atomic mass is 9.96. The van der Waals surface area contributed by atoms with E-state index in [-0.39, 0.29) is 0 Å². The monoisotopic (exact) mass is 378 g/mol. The molecule has 0 radical (unpaired) electrons. The average molecular weight is 379 g/mol. The molecule has 0 saturated carbocycles. The Balaban J connectivity index is 3.89. The highest BCUT2D eigenvalue weighted by Crippen LogP contribution is 2.19. The number of allylic oxidation sites excluding steroid dienone is 4. The molecule has 0 spiro atoms. The van der Waals surface area contributed by atoms with E-state index >= 15 is 0 Å². The van der Waals surface area contributed by atoms with Crippen LogP contribution >= 0.6 is 0 Å². The van der Waals surface area contributed by atoms with Crippen molar-refractivity contribution in [2.45, 2.75) is 118 Å². The number of hydrogen-bond donors (Lipinski definition) is 0. The summed E-state index contributed by atoms with van der Waals surface area (Å²) in [6.45, 7) is 11.0. The number of unbranched alkanes of at least 4 members (excludes halogenated alkanes) is 4. The predicted octanol–water partition coefficient (Wildman–Crippen LogP) is 8.89. The summed E-state index contributed by atoms with van der Waals surface area (Å²) >= 11 is 0. The quantitative estimate of drug-likeness (QED) is 0.152. The van der Waals surface area contributed by atoms with E-state index in [2.05, 4.69) is 52.0 Å². The van der Waals surface area contributed by atoms with E-state index in [0.29, 0.717) is 0 Å². The Morgan fingerprint density at radius 1 is 0.556 bits per heavy atom. The predicted molar refractivity (Wildman–Crippen MR) is 123 cm³/mol. The summed E-state index contributed by atoms with van der Waals surface area (Å²) in [7, 11) is 0. The molecule has 0 aliphatic carbocycles. The second-order valence-electron chi connectivity index (χ2n) is 8.14. The van der Waals surface area contributed by atoms with Gasteiger partial charge >= 0.3 is 0 Å². The molecule has 0 aliphatic heterocycles. The van der Waals surface area contributed by atoms with Crippen molar-refractivity contribution < 1.29 is 4.74 Å². The van der Waals surface area contributed by atoms with Crippen LogP contribution in [0.5, 0.6) is 0 Å². The molecule has 0 amide bonds. The molecule has 0 saturated heterocycles. The van der Waals surface area contributed by atoms with Gasteiger partial charge in [-0.1, -0.05) is 90.5 Å². The molecule has 0 aromatic carbocycles. The van der Waals surface area contributed by atoms with Crippen molar-refractivity contribution >= 4 is 0 Å². The van der Waals surface area contributed by atoms with Gasteiger partial charge in [-0.15, -0.1) is 0 Å². The van der Waals surface area contributed by atoms with Gasteiger partial charge in [0.1, 0.15) is 0 Å². The molecule has 1 nitrogen and oxygen atoms in total. The van der Waals surface area contributed by atoms with Crippen LogP contribution in [0.3, 0.4) is 0 Å². The molecule has 0 N–H and O–H groups in total. The van der Waals surface area contributed by atoms with Gasteiger partial charge in [0.2, 0.25) is 0 Å². The minimum Gasteiger partial charge on any atom is -0.381 e. The van der Waals surface area contributed by atoms with Crippen LogP contribution in [-0.2, 0) is 4.74 Å². The maximum Gasteiger partial charge on any atom is 0.0466 e. The highest BCUT2D eigenvalue weighted by Gasteiger charge is 2.06. The summed E-state index contributed by atoms with van der Waals surface area (Å²) in [5.41, 5.74) is 0. The molecular weight excluding hydrogens is 328 g/mol. The van der Waals surface area contributed by atoms with Crippen LogP contribution in [-0.4, -0.2) is 13.2 Å². The Bertz CT molecular complexity index is 299. The molecule has 0 aliphatic rings. The lowest BCUT2D eigenvalue weighted by Gasteiger charge is -2.14. The van der Waals surface area contributed by atoms with Crippen LogP contribution < -0.4 is 0 Å². The number of hydrogen-bond acceptors (Lipinski definition) is 1. The van der Waals surface area contributed by atoms with Crippen molar-refractivity contribution in [3.05, 3.63) is 24.3 Å². The SMILES string of the molecule is CCCC=CC(CCCC)CCCOCCCC(C=CCCC)CCCC. The summed E-state index contributed by atoms with van der Waals surface area (Å²) < 4.78 is 5.95. The van der Waals surface area contributed by atoms with Gasteiger partial charge in [0.25, 0.3) is 0 Å². The largest absolute Gasteiger partial charge is 0.381 e. The molecule has 27 heavy (non-hydrogen) atoms. The van der Waals surface area contributed by atoms with E-state index in [9.17, 15) is 0 Å². The molecule has 2 unspecified atom stereocenters. The fraction of sp³-hybridized carbons (Fsp3) is 0.846. The molecule has 160 valence electrons. The summed E-state index contributed by atoms with van der Waals surface area (Å²) in [5, 5.41) is 0. The summed E-state index contributed by atoms with van der Waals surface area (Å²) in [5.74, 6) is 1.53. The van der Waals surface area contributed by atoms with Gasteiger partial charge in [-0.25, -0.2) is 0 Å². The smallest absolute Gasteiger partial charge is 0.0466 e. The van der Waals surface area contributed by atoms with E-state index in [1.165, 1.54) is 89.9 Å². The summed E-state index contributed by atoms with van der Waals surface area (Å²) in [4.78, 5) is 0. The lowest BCUT2D eigenvalue weighted by molar-refractivity contribution is 0.122. The highest BCUT2D eigenvalue weighted by atomic mass is 16.5. The Labute approximate surface area is 172 Å². The minimum absolute atomic E-state index is 0.766. The molecule has 1 heteroatoms. The fourth-order valence-electron chi connectivity index (χ4n) is 3.51. The summed E-state index contributed by atoms with van der Waals surface area (Å²) in [6.07, 6.45) is 27.7. The molecule has 0 heterocycles. The number of ether oxygens (including phenoxy) is 1. The first-order chi connectivity index (χ1) is 13.3. The van der Waals surface area contributed by atoms with Gasteiger partial charge in [0.05, 0.1) is 0 Å². The second-order valence-corrected chi connectivity index (χ2v) is 8.14. The standard InChI is InChI=1S/C26H50O/c1-5-9-13-19-25(17-11-7-3)21-15-23-27-24-16-22-26(18-12-8-4)20-14-10-6-2/h13-14,19-20,25-26H,5-12,15-18,21-24H2,1-4H3. The zero-order valence-corrected chi connectivity index (χ0v) is 19.2. The van der Waals surface area contributed by atoms with Crippen LogP contribution in [0.1, 0.15) is 118 Å². The number of rotatable bonds is 20. The minimum atomic E-state index is 0.766. The first-order valence-electron chi connectivity index (χ1n) is 12.2. The molecule has 2 atom stereocenters. The van der Waals surface area contributed by atoms with Gasteiger partial charge in [-0.3, -0.25) is 0 Å². The zero-order valence-electron chi connectivity index (χ0n) is 19.2. The van der Waals surface area contributed by atoms with E-state index in [1.807, 2.05) is 0 Å². The van der Waals surface area contributed by atoms with Crippen LogP contribution in [0.2, 0.25) is 0 Å². The molecule has 0 bridgehead atoms. The first kappa shape index (κ1) is 26.4. The molecule has 0 aromatic heterocycles. The third-order valence-corrected chi connectivity index (χ3v) is 5.31. The van der Waals surface area contributed by atoms with E-state index in [0.717, 1.165) is 25.0 Å².